The van der Waals surface area contributed by atoms with Gasteiger partial charge in [0.15, 0.2) is 0 Å². The Morgan fingerprint density at radius 1 is 1.08 bits per heavy atom. The van der Waals surface area contributed by atoms with Gasteiger partial charge in [-0.15, -0.1) is 0 Å². The highest BCUT2D eigenvalue weighted by atomic mass is 35.5. The van der Waals surface area contributed by atoms with Crippen LogP contribution in [-0.4, -0.2) is 36.9 Å². The summed E-state index contributed by atoms with van der Waals surface area (Å²) in [5.41, 5.74) is 1.90. The van der Waals surface area contributed by atoms with E-state index >= 15 is 0 Å². The molecule has 0 heterocycles. The van der Waals surface area contributed by atoms with Crippen LogP contribution in [0.4, 0.5) is 0 Å². The number of aryl methyl sites for hydroxylation is 1. The smallest absolute Gasteiger partial charge is 0.322 e. The van der Waals surface area contributed by atoms with Gasteiger partial charge in [-0.2, -0.15) is 4.31 Å². The fourth-order valence-corrected chi connectivity index (χ4v) is 3.88. The summed E-state index contributed by atoms with van der Waals surface area (Å²) in [6.07, 6.45) is 0.968. The van der Waals surface area contributed by atoms with E-state index in [1.54, 1.807) is 0 Å². The minimum absolute atomic E-state index is 0.00646. The first kappa shape index (κ1) is 19.4. The van der Waals surface area contributed by atoms with Gasteiger partial charge < -0.3 is 5.11 Å². The van der Waals surface area contributed by atoms with E-state index in [2.05, 4.69) is 0 Å². The summed E-state index contributed by atoms with van der Waals surface area (Å²) in [5, 5.41) is 9.94. The summed E-state index contributed by atoms with van der Waals surface area (Å²) in [6, 6.07) is 11.9. The predicted molar refractivity (Wildman–Crippen MR) is 97.3 cm³/mol. The Hall–Kier alpha value is -1.89. The summed E-state index contributed by atoms with van der Waals surface area (Å²) in [6.45, 7) is 2.03. The molecule has 0 spiro atoms. The highest BCUT2D eigenvalue weighted by molar-refractivity contribution is 7.89. The number of sulfonamides is 1. The molecule has 2 rings (SSSR count). The summed E-state index contributed by atoms with van der Waals surface area (Å²) in [4.78, 5) is 11.7. The van der Waals surface area contributed by atoms with Crippen LogP contribution in [0, 0.1) is 0 Å². The fraction of sp³-hybridized carbons (Fsp3) is 0.278. The van der Waals surface area contributed by atoms with Crippen LogP contribution in [0.2, 0.25) is 5.02 Å². The number of benzene rings is 2. The largest absolute Gasteiger partial charge is 0.480 e. The first-order valence-corrected chi connectivity index (χ1v) is 9.61. The summed E-state index contributed by atoms with van der Waals surface area (Å²) < 4.78 is 26.3. The number of hydrogen-bond donors (Lipinski definition) is 1. The van der Waals surface area contributed by atoms with E-state index in [1.165, 1.54) is 31.3 Å². The van der Waals surface area contributed by atoms with Gasteiger partial charge in [-0.25, -0.2) is 8.42 Å². The molecule has 0 aliphatic carbocycles. The number of aliphatic carboxylic acids is 1. The molecule has 0 amide bonds. The molecule has 0 fully saturated rings. The molecule has 0 aliphatic heterocycles. The number of nitrogens with zero attached hydrogens (tertiary/aromatic N) is 1. The minimum Gasteiger partial charge on any atom is -0.480 e. The monoisotopic (exact) mass is 381 g/mol. The van der Waals surface area contributed by atoms with Crippen molar-refractivity contribution in [2.45, 2.75) is 30.7 Å². The molecule has 1 atom stereocenters. The van der Waals surface area contributed by atoms with Crippen molar-refractivity contribution in [3.63, 3.8) is 0 Å². The Kier molecular flexibility index (Phi) is 6.21. The molecule has 25 heavy (non-hydrogen) atoms. The Bertz CT molecular complexity index is 832. The number of hydrogen-bond acceptors (Lipinski definition) is 3. The third kappa shape index (κ3) is 4.60. The van der Waals surface area contributed by atoms with Crippen LogP contribution in [0.1, 0.15) is 18.1 Å². The molecule has 7 heteroatoms. The van der Waals surface area contributed by atoms with Crippen molar-refractivity contribution in [3.8, 4) is 0 Å². The minimum atomic E-state index is -3.94. The second-order valence-electron chi connectivity index (χ2n) is 5.70. The van der Waals surface area contributed by atoms with Crippen molar-refractivity contribution in [1.82, 2.24) is 4.31 Å². The van der Waals surface area contributed by atoms with Gasteiger partial charge in [0.1, 0.15) is 6.04 Å². The van der Waals surface area contributed by atoms with E-state index < -0.39 is 22.0 Å². The van der Waals surface area contributed by atoms with Crippen molar-refractivity contribution in [3.05, 3.63) is 64.7 Å². The van der Waals surface area contributed by atoms with E-state index in [4.69, 9.17) is 11.6 Å². The van der Waals surface area contributed by atoms with Gasteiger partial charge in [-0.05, 0) is 48.2 Å². The highest BCUT2D eigenvalue weighted by Crippen LogP contribution is 2.21. The second-order valence-corrected chi connectivity index (χ2v) is 8.14. The van der Waals surface area contributed by atoms with Gasteiger partial charge in [-0.1, -0.05) is 42.8 Å². The first-order valence-electron chi connectivity index (χ1n) is 7.80. The molecule has 134 valence electrons. The highest BCUT2D eigenvalue weighted by Gasteiger charge is 2.32. The Morgan fingerprint density at radius 2 is 1.60 bits per heavy atom. The van der Waals surface area contributed by atoms with E-state index in [9.17, 15) is 18.3 Å². The van der Waals surface area contributed by atoms with Crippen LogP contribution in [0.25, 0.3) is 0 Å². The van der Waals surface area contributed by atoms with Crippen molar-refractivity contribution < 1.29 is 18.3 Å². The topological polar surface area (TPSA) is 74.7 Å². The molecule has 5 nitrogen and oxygen atoms in total. The normalized spacial score (nSPS) is 13.0. The van der Waals surface area contributed by atoms with Gasteiger partial charge in [0, 0.05) is 12.1 Å². The quantitative estimate of drug-likeness (QED) is 0.799. The number of carboxylic acids is 1. The molecule has 0 saturated heterocycles. The zero-order valence-corrected chi connectivity index (χ0v) is 15.6. The fourth-order valence-electron chi connectivity index (χ4n) is 2.45. The van der Waals surface area contributed by atoms with E-state index in [-0.39, 0.29) is 11.3 Å². The van der Waals surface area contributed by atoms with Gasteiger partial charge >= 0.3 is 5.97 Å². The number of halogens is 1. The number of carbonyl (C=O) groups is 1. The van der Waals surface area contributed by atoms with Crippen molar-refractivity contribution in [2.24, 2.45) is 0 Å². The van der Waals surface area contributed by atoms with E-state index in [0.29, 0.717) is 5.02 Å². The Morgan fingerprint density at radius 3 is 2.08 bits per heavy atom. The average Bonchev–Trinajstić information content (AvgIpc) is 2.59. The lowest BCUT2D eigenvalue weighted by atomic mass is 10.0. The standard InChI is InChI=1S/C18H20ClNO4S/c1-3-13-4-6-14(7-5-13)12-17(18(21)22)20(2)25(23,24)16-10-8-15(19)9-11-16/h4-11,17H,3,12H2,1-2H3,(H,21,22)/t17-/m1/s1. The van der Waals surface area contributed by atoms with Crippen LogP contribution < -0.4 is 0 Å². The lowest BCUT2D eigenvalue weighted by molar-refractivity contribution is -0.141. The molecule has 0 aliphatic rings. The molecule has 0 aromatic heterocycles. The lowest BCUT2D eigenvalue weighted by Gasteiger charge is -2.24. The van der Waals surface area contributed by atoms with Gasteiger partial charge in [0.05, 0.1) is 4.90 Å². The SMILES string of the molecule is CCc1ccc(C[C@H](C(=O)O)N(C)S(=O)(=O)c2ccc(Cl)cc2)cc1. The van der Waals surface area contributed by atoms with Crippen LogP contribution in [0.15, 0.2) is 53.4 Å². The van der Waals surface area contributed by atoms with Crippen molar-refractivity contribution in [2.75, 3.05) is 7.05 Å². The Balaban J connectivity index is 2.28. The maximum Gasteiger partial charge on any atom is 0.322 e. The predicted octanol–water partition coefficient (Wildman–Crippen LogP) is 3.22. The molecule has 0 radical (unpaired) electrons. The van der Waals surface area contributed by atoms with Gasteiger partial charge in [-0.3, -0.25) is 4.79 Å². The lowest BCUT2D eigenvalue weighted by Crippen LogP contribution is -2.43. The zero-order chi connectivity index (χ0) is 18.6. The van der Waals surface area contributed by atoms with Crippen molar-refractivity contribution >= 4 is 27.6 Å². The average molecular weight is 382 g/mol. The van der Waals surface area contributed by atoms with Crippen molar-refractivity contribution in [1.29, 1.82) is 0 Å². The number of likely N-dealkylation sites (N-methyl/N-ethyl adjacent to an activating group) is 1. The van der Waals surface area contributed by atoms with E-state index in [0.717, 1.165) is 21.9 Å². The molecule has 2 aromatic carbocycles. The summed E-state index contributed by atoms with van der Waals surface area (Å²) >= 11 is 5.78. The molecule has 0 bridgehead atoms. The summed E-state index contributed by atoms with van der Waals surface area (Å²) in [7, 11) is -2.66. The molecule has 1 N–H and O–H groups in total. The van der Waals surface area contributed by atoms with Gasteiger partial charge in [0.25, 0.3) is 0 Å². The summed E-state index contributed by atoms with van der Waals surface area (Å²) in [5.74, 6) is -1.19. The van der Waals surface area contributed by atoms with Crippen LogP contribution in [0.3, 0.4) is 0 Å². The third-order valence-electron chi connectivity index (χ3n) is 4.07. The first-order chi connectivity index (χ1) is 11.8. The maximum atomic E-state index is 12.7. The number of rotatable bonds is 7. The zero-order valence-electron chi connectivity index (χ0n) is 14.0. The Labute approximate surface area is 152 Å². The second kappa shape index (κ2) is 7.99. The molecule has 0 unspecified atom stereocenters. The molecule has 0 saturated carbocycles. The third-order valence-corrected chi connectivity index (χ3v) is 6.21. The van der Waals surface area contributed by atoms with Crippen LogP contribution >= 0.6 is 11.6 Å². The van der Waals surface area contributed by atoms with E-state index in [1.807, 2.05) is 31.2 Å². The molecular weight excluding hydrogens is 362 g/mol. The van der Waals surface area contributed by atoms with Crippen LogP contribution in [0.5, 0.6) is 0 Å². The molecule has 2 aromatic rings. The molecular formula is C18H20ClNO4S. The maximum absolute atomic E-state index is 12.7. The van der Waals surface area contributed by atoms with Crippen LogP contribution in [-0.2, 0) is 27.7 Å². The van der Waals surface area contributed by atoms with Gasteiger partial charge in [0.2, 0.25) is 10.0 Å². The number of carboxylic acid groups (broad SMARTS) is 1.